The van der Waals surface area contributed by atoms with Crippen molar-refractivity contribution in [3.63, 3.8) is 0 Å². The Morgan fingerprint density at radius 2 is 2.07 bits per heavy atom. The zero-order valence-corrected chi connectivity index (χ0v) is 8.32. The SMILES string of the molecule is C=CCCC(O)CNc1ccccc1. The van der Waals surface area contributed by atoms with E-state index in [2.05, 4.69) is 11.9 Å². The average Bonchev–Trinajstić information content (AvgIpc) is 2.25. The molecule has 0 bridgehead atoms. The van der Waals surface area contributed by atoms with Crippen LogP contribution in [-0.4, -0.2) is 17.8 Å². The lowest BCUT2D eigenvalue weighted by Gasteiger charge is -2.11. The van der Waals surface area contributed by atoms with Crippen LogP contribution in [0.25, 0.3) is 0 Å². The van der Waals surface area contributed by atoms with Gasteiger partial charge in [-0.15, -0.1) is 6.58 Å². The first-order valence-electron chi connectivity index (χ1n) is 4.91. The third-order valence-corrected chi connectivity index (χ3v) is 2.02. The Hall–Kier alpha value is -1.28. The van der Waals surface area contributed by atoms with E-state index in [0.717, 1.165) is 18.5 Å². The molecular formula is C12H17NO. The molecule has 0 aliphatic carbocycles. The molecule has 0 amide bonds. The van der Waals surface area contributed by atoms with Crippen LogP contribution in [0.3, 0.4) is 0 Å². The second-order valence-corrected chi connectivity index (χ2v) is 3.27. The summed E-state index contributed by atoms with van der Waals surface area (Å²) in [5.41, 5.74) is 1.05. The molecule has 0 spiro atoms. The number of para-hydroxylation sites is 1. The van der Waals surface area contributed by atoms with Gasteiger partial charge in [0.2, 0.25) is 0 Å². The number of benzene rings is 1. The summed E-state index contributed by atoms with van der Waals surface area (Å²) in [6.45, 7) is 4.21. The van der Waals surface area contributed by atoms with Gasteiger partial charge in [-0.2, -0.15) is 0 Å². The van der Waals surface area contributed by atoms with E-state index in [-0.39, 0.29) is 6.10 Å². The highest BCUT2D eigenvalue weighted by atomic mass is 16.3. The van der Waals surface area contributed by atoms with Gasteiger partial charge in [0.1, 0.15) is 0 Å². The molecule has 0 heterocycles. The smallest absolute Gasteiger partial charge is 0.0715 e. The van der Waals surface area contributed by atoms with Gasteiger partial charge in [0.25, 0.3) is 0 Å². The van der Waals surface area contributed by atoms with Gasteiger partial charge in [0.05, 0.1) is 6.10 Å². The summed E-state index contributed by atoms with van der Waals surface area (Å²) in [6.07, 6.45) is 3.15. The number of hydrogen-bond donors (Lipinski definition) is 2. The lowest BCUT2D eigenvalue weighted by Crippen LogP contribution is -2.18. The molecule has 0 aliphatic rings. The van der Waals surface area contributed by atoms with E-state index in [1.54, 1.807) is 0 Å². The molecule has 0 aromatic heterocycles. The first kappa shape index (κ1) is 10.8. The number of allylic oxidation sites excluding steroid dienone is 1. The molecular weight excluding hydrogens is 174 g/mol. The van der Waals surface area contributed by atoms with Crippen LogP contribution in [0.1, 0.15) is 12.8 Å². The van der Waals surface area contributed by atoms with Crippen molar-refractivity contribution in [2.75, 3.05) is 11.9 Å². The number of anilines is 1. The zero-order valence-electron chi connectivity index (χ0n) is 8.32. The Kier molecular flexibility index (Phi) is 4.79. The fourth-order valence-corrected chi connectivity index (χ4v) is 1.20. The Labute approximate surface area is 85.3 Å². The van der Waals surface area contributed by atoms with Crippen LogP contribution in [0.15, 0.2) is 43.0 Å². The number of rotatable bonds is 6. The van der Waals surface area contributed by atoms with Gasteiger partial charge >= 0.3 is 0 Å². The highest BCUT2D eigenvalue weighted by Gasteiger charge is 2.01. The van der Waals surface area contributed by atoms with E-state index in [1.807, 2.05) is 36.4 Å². The molecule has 2 heteroatoms. The normalized spacial score (nSPS) is 12.1. The predicted octanol–water partition coefficient (Wildman–Crippen LogP) is 2.43. The van der Waals surface area contributed by atoms with Crippen LogP contribution in [0.5, 0.6) is 0 Å². The van der Waals surface area contributed by atoms with Gasteiger partial charge in [0, 0.05) is 12.2 Å². The maximum atomic E-state index is 9.53. The minimum Gasteiger partial charge on any atom is -0.391 e. The first-order valence-corrected chi connectivity index (χ1v) is 4.91. The monoisotopic (exact) mass is 191 g/mol. The molecule has 76 valence electrons. The fourth-order valence-electron chi connectivity index (χ4n) is 1.20. The van der Waals surface area contributed by atoms with Crippen molar-refractivity contribution in [3.8, 4) is 0 Å². The van der Waals surface area contributed by atoms with Crippen LogP contribution in [0.4, 0.5) is 5.69 Å². The van der Waals surface area contributed by atoms with Gasteiger partial charge in [-0.1, -0.05) is 24.3 Å². The second-order valence-electron chi connectivity index (χ2n) is 3.27. The maximum absolute atomic E-state index is 9.53. The lowest BCUT2D eigenvalue weighted by molar-refractivity contribution is 0.178. The summed E-state index contributed by atoms with van der Waals surface area (Å²) in [7, 11) is 0. The minimum atomic E-state index is -0.298. The van der Waals surface area contributed by atoms with E-state index in [1.165, 1.54) is 0 Å². The molecule has 0 fully saturated rings. The van der Waals surface area contributed by atoms with Crippen molar-refractivity contribution in [1.82, 2.24) is 0 Å². The molecule has 1 atom stereocenters. The summed E-state index contributed by atoms with van der Waals surface area (Å²) >= 11 is 0. The van der Waals surface area contributed by atoms with Gasteiger partial charge in [-0.25, -0.2) is 0 Å². The molecule has 1 aromatic rings. The van der Waals surface area contributed by atoms with Crippen molar-refractivity contribution in [2.24, 2.45) is 0 Å². The molecule has 1 unspecified atom stereocenters. The van der Waals surface area contributed by atoms with Crippen LogP contribution in [0.2, 0.25) is 0 Å². The standard InChI is InChI=1S/C12H17NO/c1-2-3-9-12(14)10-13-11-7-5-4-6-8-11/h2,4-8,12-14H,1,3,9-10H2. The molecule has 0 radical (unpaired) electrons. The zero-order chi connectivity index (χ0) is 10.2. The topological polar surface area (TPSA) is 32.3 Å². The third kappa shape index (κ3) is 4.10. The quantitative estimate of drug-likeness (QED) is 0.677. The summed E-state index contributed by atoms with van der Waals surface area (Å²) < 4.78 is 0. The van der Waals surface area contributed by atoms with Crippen molar-refractivity contribution < 1.29 is 5.11 Å². The molecule has 0 aliphatic heterocycles. The van der Waals surface area contributed by atoms with E-state index >= 15 is 0 Å². The first-order chi connectivity index (χ1) is 6.83. The molecule has 0 saturated heterocycles. The number of aliphatic hydroxyl groups is 1. The van der Waals surface area contributed by atoms with Crippen LogP contribution in [0, 0.1) is 0 Å². The van der Waals surface area contributed by atoms with Gasteiger partial charge in [-0.05, 0) is 25.0 Å². The maximum Gasteiger partial charge on any atom is 0.0715 e. The van der Waals surface area contributed by atoms with Gasteiger partial charge in [-0.3, -0.25) is 0 Å². The largest absolute Gasteiger partial charge is 0.391 e. The van der Waals surface area contributed by atoms with Crippen molar-refractivity contribution in [2.45, 2.75) is 18.9 Å². The Balaban J connectivity index is 2.23. The summed E-state index contributed by atoms with van der Waals surface area (Å²) in [4.78, 5) is 0. The van der Waals surface area contributed by atoms with E-state index < -0.39 is 0 Å². The van der Waals surface area contributed by atoms with Crippen molar-refractivity contribution >= 4 is 5.69 Å². The lowest BCUT2D eigenvalue weighted by atomic mass is 10.2. The summed E-state index contributed by atoms with van der Waals surface area (Å²) in [5, 5.41) is 12.7. The molecule has 1 rings (SSSR count). The predicted molar refractivity (Wildman–Crippen MR) is 60.4 cm³/mol. The van der Waals surface area contributed by atoms with Crippen LogP contribution in [-0.2, 0) is 0 Å². The van der Waals surface area contributed by atoms with E-state index in [4.69, 9.17) is 0 Å². The van der Waals surface area contributed by atoms with Crippen molar-refractivity contribution in [1.29, 1.82) is 0 Å². The van der Waals surface area contributed by atoms with Crippen molar-refractivity contribution in [3.05, 3.63) is 43.0 Å². The summed E-state index contributed by atoms with van der Waals surface area (Å²) in [5.74, 6) is 0. The Bertz CT molecular complexity index is 258. The highest BCUT2D eigenvalue weighted by molar-refractivity contribution is 5.42. The molecule has 2 N–H and O–H groups in total. The average molecular weight is 191 g/mol. The second kappa shape index (κ2) is 6.22. The van der Waals surface area contributed by atoms with E-state index in [0.29, 0.717) is 6.54 Å². The van der Waals surface area contributed by atoms with Crippen LogP contribution >= 0.6 is 0 Å². The van der Waals surface area contributed by atoms with E-state index in [9.17, 15) is 5.11 Å². The Morgan fingerprint density at radius 3 is 2.71 bits per heavy atom. The molecule has 1 aromatic carbocycles. The molecule has 0 saturated carbocycles. The summed E-state index contributed by atoms with van der Waals surface area (Å²) in [6, 6.07) is 9.89. The number of hydrogen-bond acceptors (Lipinski definition) is 2. The molecule has 14 heavy (non-hydrogen) atoms. The molecule has 2 nitrogen and oxygen atoms in total. The highest BCUT2D eigenvalue weighted by Crippen LogP contribution is 2.06. The third-order valence-electron chi connectivity index (χ3n) is 2.02. The van der Waals surface area contributed by atoms with Gasteiger partial charge < -0.3 is 10.4 Å². The van der Waals surface area contributed by atoms with Gasteiger partial charge in [0.15, 0.2) is 0 Å². The fraction of sp³-hybridized carbons (Fsp3) is 0.333. The number of nitrogens with one attached hydrogen (secondary N) is 1. The Morgan fingerprint density at radius 1 is 1.36 bits per heavy atom. The number of aliphatic hydroxyl groups excluding tert-OH is 1. The minimum absolute atomic E-state index is 0.298. The van der Waals surface area contributed by atoms with Crippen LogP contribution < -0.4 is 5.32 Å².